The van der Waals surface area contributed by atoms with E-state index >= 15 is 0 Å². The standard InChI is InChI=1S/C38H43NO5SSi/c1-38(2,46(44,28-15-7-5-8-16-28)29-17-9-6-10-18-29)26-27(37-39-32-20-13-14-21-35(32)45-37)23-24-31-30(33(40)25-34(31)41)19-11-3-4-12-22-36(42)43/h3,5-11,13-18,20-21,23-24,27,30-31,34,41,44H,4,12,19,22,25-26H2,1-2H3,(H,42,43)/b11-3-,24-23+/t27-,30+,31+,34+/m0/s1. The molecule has 1 aromatic heterocycles. The topological polar surface area (TPSA) is 108 Å². The predicted octanol–water partition coefficient (Wildman–Crippen LogP) is 6.63. The second-order valence-corrected chi connectivity index (χ2v) is 17.9. The number of benzene rings is 3. The largest absolute Gasteiger partial charge is 0.481 e. The lowest BCUT2D eigenvalue weighted by Crippen LogP contribution is -2.65. The van der Waals surface area contributed by atoms with Gasteiger partial charge in [0.05, 0.1) is 16.3 Å². The number of carbonyl (C=O) groups excluding carboxylic acids is 1. The van der Waals surface area contributed by atoms with Crippen LogP contribution in [0.5, 0.6) is 0 Å². The smallest absolute Gasteiger partial charge is 0.303 e. The van der Waals surface area contributed by atoms with Crippen LogP contribution in [0, 0.1) is 11.8 Å². The summed E-state index contributed by atoms with van der Waals surface area (Å²) in [6.07, 6.45) is 9.79. The van der Waals surface area contributed by atoms with Crippen LogP contribution in [-0.2, 0) is 9.59 Å². The fraction of sp³-hybridized carbons (Fsp3) is 0.342. The first kappa shape index (κ1) is 33.7. The number of Topliss-reactive ketones (excluding diaryl/α,β-unsaturated/α-hetero) is 1. The molecule has 8 heteroatoms. The van der Waals surface area contributed by atoms with Crippen molar-refractivity contribution < 1.29 is 24.6 Å². The molecule has 1 aliphatic carbocycles. The van der Waals surface area contributed by atoms with Crippen LogP contribution >= 0.6 is 11.3 Å². The van der Waals surface area contributed by atoms with Crippen LogP contribution < -0.4 is 10.4 Å². The minimum absolute atomic E-state index is 0.0455. The van der Waals surface area contributed by atoms with Crippen LogP contribution in [0.15, 0.2) is 109 Å². The molecule has 5 rings (SSSR count). The zero-order valence-corrected chi connectivity index (χ0v) is 28.3. The van der Waals surface area contributed by atoms with E-state index in [4.69, 9.17) is 10.1 Å². The Kier molecular flexibility index (Phi) is 10.8. The Labute approximate surface area is 276 Å². The molecule has 3 N–H and O–H groups in total. The number of fused-ring (bicyclic) bond motifs is 1. The minimum atomic E-state index is -3.30. The number of thiazole rings is 1. The molecule has 4 aromatic rings. The van der Waals surface area contributed by atoms with Crippen molar-refractivity contribution in [2.45, 2.75) is 69.4 Å². The average Bonchev–Trinajstić information content (AvgIpc) is 3.60. The third kappa shape index (κ3) is 7.47. The zero-order chi connectivity index (χ0) is 32.7. The van der Waals surface area contributed by atoms with Gasteiger partial charge in [-0.1, -0.05) is 111 Å². The van der Waals surface area contributed by atoms with E-state index in [9.17, 15) is 19.5 Å². The molecule has 0 aliphatic heterocycles. The molecule has 0 radical (unpaired) electrons. The number of allylic oxidation sites excluding steroid dienone is 3. The molecule has 6 nitrogen and oxygen atoms in total. The van der Waals surface area contributed by atoms with Gasteiger partial charge in [-0.3, -0.25) is 9.59 Å². The van der Waals surface area contributed by atoms with Crippen molar-refractivity contribution in [3.05, 3.63) is 114 Å². The number of unbranched alkanes of at least 4 members (excludes halogenated alkanes) is 1. The maximum absolute atomic E-state index is 13.0. The molecule has 0 bridgehead atoms. The number of hydrogen-bond acceptors (Lipinski definition) is 6. The summed E-state index contributed by atoms with van der Waals surface area (Å²) < 4.78 is 1.09. The number of aliphatic hydroxyl groups is 1. The maximum Gasteiger partial charge on any atom is 0.303 e. The van der Waals surface area contributed by atoms with Crippen molar-refractivity contribution in [3.63, 3.8) is 0 Å². The summed E-state index contributed by atoms with van der Waals surface area (Å²) in [5.41, 5.74) is 0.930. The fourth-order valence-corrected chi connectivity index (χ4v) is 11.6. The van der Waals surface area contributed by atoms with Crippen LogP contribution in [0.4, 0.5) is 0 Å². The number of para-hydroxylation sites is 1. The molecule has 240 valence electrons. The molecular formula is C38H43NO5SSi. The Morgan fingerprint density at radius 2 is 1.63 bits per heavy atom. The number of carbonyl (C=O) groups is 2. The predicted molar refractivity (Wildman–Crippen MR) is 188 cm³/mol. The third-order valence-corrected chi connectivity index (χ3v) is 15.0. The number of carboxylic acid groups (broad SMARTS) is 1. The summed E-state index contributed by atoms with van der Waals surface area (Å²) in [7, 11) is -3.30. The van der Waals surface area contributed by atoms with Crippen LogP contribution in [-0.4, -0.2) is 46.2 Å². The summed E-state index contributed by atoms with van der Waals surface area (Å²) in [5.74, 6) is -1.60. The van der Waals surface area contributed by atoms with E-state index in [0.717, 1.165) is 25.6 Å². The van der Waals surface area contributed by atoms with Gasteiger partial charge >= 0.3 is 5.97 Å². The van der Waals surface area contributed by atoms with Crippen LogP contribution in [0.1, 0.15) is 63.3 Å². The highest BCUT2D eigenvalue weighted by atomic mass is 32.1. The van der Waals surface area contributed by atoms with Crippen molar-refractivity contribution in [1.82, 2.24) is 4.98 Å². The second-order valence-electron chi connectivity index (χ2n) is 13.0. The Morgan fingerprint density at radius 3 is 2.26 bits per heavy atom. The highest BCUT2D eigenvalue weighted by Gasteiger charge is 2.51. The number of ketones is 1. The molecular weight excluding hydrogens is 611 g/mol. The summed E-state index contributed by atoms with van der Waals surface area (Å²) in [4.78, 5) is 41.7. The highest BCUT2D eigenvalue weighted by Crippen LogP contribution is 2.46. The first-order valence-electron chi connectivity index (χ1n) is 16.0. The van der Waals surface area contributed by atoms with Gasteiger partial charge in [-0.2, -0.15) is 0 Å². The molecule has 0 spiro atoms. The van der Waals surface area contributed by atoms with Gasteiger partial charge in [0.1, 0.15) is 10.8 Å². The van der Waals surface area contributed by atoms with Gasteiger partial charge in [-0.05, 0) is 53.2 Å². The second kappa shape index (κ2) is 14.8. The third-order valence-electron chi connectivity index (χ3n) is 9.34. The van der Waals surface area contributed by atoms with Gasteiger partial charge in [0, 0.05) is 30.6 Å². The van der Waals surface area contributed by atoms with Crippen molar-refractivity contribution in [1.29, 1.82) is 0 Å². The lowest BCUT2D eigenvalue weighted by molar-refractivity contribution is -0.137. The molecule has 4 atom stereocenters. The summed E-state index contributed by atoms with van der Waals surface area (Å²) in [6.45, 7) is 4.30. The minimum Gasteiger partial charge on any atom is -0.481 e. The Morgan fingerprint density at radius 1 is 1.00 bits per heavy atom. The van der Waals surface area contributed by atoms with Crippen LogP contribution in [0.2, 0.25) is 5.04 Å². The van der Waals surface area contributed by atoms with E-state index in [1.165, 1.54) is 0 Å². The fourth-order valence-electron chi connectivity index (χ4n) is 6.81. The number of rotatable bonds is 14. The van der Waals surface area contributed by atoms with Crippen LogP contribution in [0.25, 0.3) is 10.2 Å². The molecule has 0 unspecified atom stereocenters. The highest BCUT2D eigenvalue weighted by molar-refractivity contribution is 7.18. The van der Waals surface area contributed by atoms with Gasteiger partial charge in [-0.15, -0.1) is 11.3 Å². The van der Waals surface area contributed by atoms with Gasteiger partial charge in [-0.25, -0.2) is 4.98 Å². The first-order chi connectivity index (χ1) is 22.1. The van der Waals surface area contributed by atoms with Gasteiger partial charge in [0.25, 0.3) is 8.32 Å². The van der Waals surface area contributed by atoms with Crippen LogP contribution in [0.3, 0.4) is 0 Å². The SMILES string of the molecule is CC(C)(C[C@H](/C=C/[C@H]1[C@H](O)CC(=O)[C@@H]1C/C=C\CCCC(=O)O)c1nc2ccccc2s1)[Si](O)(c1ccccc1)c1ccccc1. The van der Waals surface area contributed by atoms with E-state index in [1.807, 2.05) is 97.1 Å². The number of nitrogens with zero attached hydrogens (tertiary/aromatic N) is 1. The monoisotopic (exact) mass is 653 g/mol. The van der Waals surface area contributed by atoms with E-state index < -0.39 is 25.4 Å². The zero-order valence-electron chi connectivity index (χ0n) is 26.5. The lowest BCUT2D eigenvalue weighted by Gasteiger charge is -2.42. The molecule has 46 heavy (non-hydrogen) atoms. The summed E-state index contributed by atoms with van der Waals surface area (Å²) >= 11 is 1.65. The lowest BCUT2D eigenvalue weighted by atomic mass is 9.88. The Hall–Kier alpha value is -3.69. The maximum atomic E-state index is 13.0. The quantitative estimate of drug-likeness (QED) is 0.0802. The van der Waals surface area contributed by atoms with Gasteiger partial charge < -0.3 is 15.0 Å². The van der Waals surface area contributed by atoms with E-state index in [-0.39, 0.29) is 36.4 Å². The summed E-state index contributed by atoms with van der Waals surface area (Å²) in [5, 5.41) is 22.2. The Balaban J connectivity index is 1.48. The van der Waals surface area contributed by atoms with E-state index in [0.29, 0.717) is 25.7 Å². The van der Waals surface area contributed by atoms with Gasteiger partial charge in [0.2, 0.25) is 0 Å². The number of aromatic nitrogens is 1. The molecule has 0 amide bonds. The van der Waals surface area contributed by atoms with Crippen molar-refractivity contribution in [2.75, 3.05) is 0 Å². The van der Waals surface area contributed by atoms with Crippen molar-refractivity contribution >= 4 is 52.0 Å². The van der Waals surface area contributed by atoms with E-state index in [1.54, 1.807) is 11.3 Å². The average molecular weight is 654 g/mol. The molecule has 3 aromatic carbocycles. The van der Waals surface area contributed by atoms with Crippen molar-refractivity contribution in [2.24, 2.45) is 11.8 Å². The van der Waals surface area contributed by atoms with E-state index in [2.05, 4.69) is 26.0 Å². The van der Waals surface area contributed by atoms with Crippen molar-refractivity contribution in [3.8, 4) is 0 Å². The molecule has 1 fully saturated rings. The summed E-state index contributed by atoms with van der Waals surface area (Å²) in [6, 6.07) is 28.1. The first-order valence-corrected chi connectivity index (χ1v) is 18.8. The number of carboxylic acids is 1. The van der Waals surface area contributed by atoms with Gasteiger partial charge in [0.15, 0.2) is 0 Å². The molecule has 1 aliphatic rings. The molecule has 1 heterocycles. The molecule has 1 saturated carbocycles. The molecule has 0 saturated heterocycles. The number of aliphatic hydroxyl groups excluding tert-OH is 1. The Bertz CT molecular complexity index is 1610. The normalized spacial score (nSPS) is 19.8. The number of hydrogen-bond donors (Lipinski definition) is 3. The number of aliphatic carboxylic acids is 1.